The Hall–Kier alpha value is -5.06. The number of carbonyl (C=O) groups excluding carboxylic acids is 1. The number of likely N-dealkylation sites (tertiary alicyclic amines) is 1. The number of amides is 1. The van der Waals surface area contributed by atoms with Gasteiger partial charge in [-0.05, 0) is 79.3 Å². The van der Waals surface area contributed by atoms with E-state index in [1.54, 1.807) is 11.0 Å². The lowest BCUT2D eigenvalue weighted by Crippen LogP contribution is -2.30. The molecule has 13 heteroatoms. The van der Waals surface area contributed by atoms with E-state index in [1.807, 2.05) is 53.2 Å². The number of nitriles is 1. The SMILES string of the molecule is N#Cc1cc(CN2CC[C@@H](C(=O)O)C2)cc2nc(-c3cccc(-c4cccc5c4CCN5C(=O)c4cc5n(n4)CCCC5NCCO)c3Cl)oc12. The van der Waals surface area contributed by atoms with Crippen molar-refractivity contribution in [3.63, 3.8) is 0 Å². The van der Waals surface area contributed by atoms with Gasteiger partial charge in [0.1, 0.15) is 11.6 Å². The molecular weight excluding hydrogens is 670 g/mol. The molecule has 5 aromatic rings. The minimum absolute atomic E-state index is 0.0464. The van der Waals surface area contributed by atoms with Crippen molar-refractivity contribution < 1.29 is 24.2 Å². The number of rotatable bonds is 9. The van der Waals surface area contributed by atoms with Gasteiger partial charge < -0.3 is 24.8 Å². The Kier molecular flexibility index (Phi) is 8.81. The van der Waals surface area contributed by atoms with Gasteiger partial charge in [0.25, 0.3) is 5.91 Å². The van der Waals surface area contributed by atoms with E-state index in [2.05, 4.69) is 21.4 Å². The zero-order valence-corrected chi connectivity index (χ0v) is 28.6. The first-order valence-corrected chi connectivity index (χ1v) is 17.6. The molecule has 2 atom stereocenters. The van der Waals surface area contributed by atoms with Crippen molar-refractivity contribution >= 4 is 40.3 Å². The van der Waals surface area contributed by atoms with Crippen LogP contribution >= 0.6 is 11.6 Å². The number of hydrogen-bond donors (Lipinski definition) is 3. The van der Waals surface area contributed by atoms with Gasteiger partial charge in [-0.3, -0.25) is 19.2 Å². The van der Waals surface area contributed by atoms with Crippen LogP contribution in [0.25, 0.3) is 33.7 Å². The van der Waals surface area contributed by atoms with Crippen molar-refractivity contribution in [2.24, 2.45) is 5.92 Å². The predicted octanol–water partition coefficient (Wildman–Crippen LogP) is 5.41. The number of carboxylic acid groups (broad SMARTS) is 1. The van der Waals surface area contributed by atoms with Gasteiger partial charge in [-0.2, -0.15) is 10.4 Å². The molecule has 3 aromatic carbocycles. The van der Waals surface area contributed by atoms with Crippen molar-refractivity contribution in [1.29, 1.82) is 5.26 Å². The second kappa shape index (κ2) is 13.6. The summed E-state index contributed by atoms with van der Waals surface area (Å²) in [5, 5.41) is 37.1. The van der Waals surface area contributed by atoms with Crippen LogP contribution in [0.1, 0.15) is 58.2 Å². The van der Waals surface area contributed by atoms with E-state index in [-0.39, 0.29) is 30.4 Å². The summed E-state index contributed by atoms with van der Waals surface area (Å²) in [6, 6.07) is 19.4. The summed E-state index contributed by atoms with van der Waals surface area (Å²) >= 11 is 7.13. The number of nitrogens with one attached hydrogen (secondary N) is 1. The third-order valence-electron chi connectivity index (χ3n) is 10.2. The standard InChI is InChI=1S/C38H36ClN7O5/c39-34-27(5-1-6-28(34)36-42-30-17-22(16-24(19-40)35(30)51-36)20-44-13-9-23(21-44)38(49)50)25-4-2-8-32-26(25)10-14-45(32)37(48)31-18-33-29(41-11-15-47)7-3-12-46(33)43-31/h1-2,4-6,8,16-18,23,29,41,47H,3,7,9-15,20-21H2,(H,49,50)/t23-,29?/m1/s1. The minimum atomic E-state index is -0.785. The van der Waals surface area contributed by atoms with Crippen molar-refractivity contribution in [3.8, 4) is 28.7 Å². The summed E-state index contributed by atoms with van der Waals surface area (Å²) in [4.78, 5) is 34.0. The van der Waals surface area contributed by atoms with Crippen molar-refractivity contribution in [3.05, 3.63) is 87.7 Å². The van der Waals surface area contributed by atoms with Gasteiger partial charge in [0.05, 0.1) is 34.4 Å². The number of fused-ring (bicyclic) bond motifs is 3. The van der Waals surface area contributed by atoms with Gasteiger partial charge in [0, 0.05) is 50.0 Å². The lowest BCUT2D eigenvalue weighted by molar-refractivity contribution is -0.141. The number of anilines is 1. The number of aromatic nitrogens is 3. The number of aryl methyl sites for hydroxylation is 1. The maximum Gasteiger partial charge on any atom is 0.307 e. The van der Waals surface area contributed by atoms with E-state index >= 15 is 0 Å². The first-order valence-electron chi connectivity index (χ1n) is 17.3. The van der Waals surface area contributed by atoms with E-state index in [0.717, 1.165) is 53.0 Å². The van der Waals surface area contributed by atoms with Crippen LogP contribution in [0.5, 0.6) is 0 Å². The highest BCUT2D eigenvalue weighted by Gasteiger charge is 2.32. The Morgan fingerprint density at radius 2 is 1.88 bits per heavy atom. The van der Waals surface area contributed by atoms with Crippen LogP contribution in [0, 0.1) is 17.2 Å². The van der Waals surface area contributed by atoms with E-state index < -0.39 is 5.97 Å². The van der Waals surface area contributed by atoms with Gasteiger partial charge in [-0.15, -0.1) is 0 Å². The second-order valence-corrected chi connectivity index (χ2v) is 13.8. The highest BCUT2D eigenvalue weighted by atomic mass is 35.5. The van der Waals surface area contributed by atoms with Crippen LogP contribution in [0.15, 0.2) is 59.0 Å². The van der Waals surface area contributed by atoms with Gasteiger partial charge in [-0.25, -0.2) is 4.98 Å². The lowest BCUT2D eigenvalue weighted by atomic mass is 9.96. The Morgan fingerprint density at radius 3 is 2.69 bits per heavy atom. The average Bonchev–Trinajstić information content (AvgIpc) is 3.95. The van der Waals surface area contributed by atoms with Gasteiger partial charge in [0.2, 0.25) is 5.89 Å². The Labute approximate surface area is 298 Å². The molecule has 3 aliphatic heterocycles. The van der Waals surface area contributed by atoms with Crippen LogP contribution in [0.3, 0.4) is 0 Å². The third kappa shape index (κ3) is 6.06. The van der Waals surface area contributed by atoms with Crippen LogP contribution in [-0.2, 0) is 24.3 Å². The van der Waals surface area contributed by atoms with Gasteiger partial charge in [-0.1, -0.05) is 35.9 Å². The Bertz CT molecular complexity index is 2220. The Morgan fingerprint density at radius 1 is 1.06 bits per heavy atom. The smallest absolute Gasteiger partial charge is 0.307 e. The molecule has 1 fully saturated rings. The number of carboxylic acids is 1. The molecule has 3 N–H and O–H groups in total. The number of aliphatic hydroxyl groups excluding tert-OH is 1. The van der Waals surface area contributed by atoms with E-state index in [1.165, 1.54) is 0 Å². The molecule has 0 saturated carbocycles. The molecule has 0 radical (unpaired) electrons. The summed E-state index contributed by atoms with van der Waals surface area (Å²) in [6.45, 7) is 3.44. The molecule has 2 aromatic heterocycles. The number of oxazole rings is 1. The molecule has 5 heterocycles. The first-order chi connectivity index (χ1) is 24.8. The highest BCUT2D eigenvalue weighted by molar-refractivity contribution is 6.36. The zero-order chi connectivity index (χ0) is 35.2. The lowest BCUT2D eigenvalue weighted by Gasteiger charge is -2.24. The quantitative estimate of drug-likeness (QED) is 0.181. The topological polar surface area (TPSA) is 161 Å². The number of halogens is 1. The molecule has 3 aliphatic rings. The molecule has 260 valence electrons. The molecular formula is C38H36ClN7O5. The van der Waals surface area contributed by atoms with Crippen molar-refractivity contribution in [1.82, 2.24) is 25.0 Å². The molecule has 0 spiro atoms. The molecule has 1 amide bonds. The number of carbonyl (C=O) groups is 2. The monoisotopic (exact) mass is 705 g/mol. The summed E-state index contributed by atoms with van der Waals surface area (Å²) in [5.74, 6) is -1.04. The zero-order valence-electron chi connectivity index (χ0n) is 27.8. The largest absolute Gasteiger partial charge is 0.481 e. The second-order valence-electron chi connectivity index (χ2n) is 13.4. The normalized spacial score (nSPS) is 18.6. The molecule has 51 heavy (non-hydrogen) atoms. The number of aliphatic hydroxyl groups is 1. The Balaban J connectivity index is 1.08. The first kappa shape index (κ1) is 33.1. The summed E-state index contributed by atoms with van der Waals surface area (Å²) in [6.07, 6.45) is 3.12. The highest BCUT2D eigenvalue weighted by Crippen LogP contribution is 2.43. The van der Waals surface area contributed by atoms with Crippen molar-refractivity contribution in [2.75, 3.05) is 37.7 Å². The third-order valence-corrected chi connectivity index (χ3v) is 10.6. The van der Waals surface area contributed by atoms with Gasteiger partial charge >= 0.3 is 5.97 Å². The average molecular weight is 706 g/mol. The van der Waals surface area contributed by atoms with Crippen LogP contribution in [-0.4, -0.2) is 74.5 Å². The summed E-state index contributed by atoms with van der Waals surface area (Å²) in [7, 11) is 0. The summed E-state index contributed by atoms with van der Waals surface area (Å²) < 4.78 is 8.09. The fraction of sp³-hybridized carbons (Fsp3) is 0.342. The van der Waals surface area contributed by atoms with Crippen LogP contribution in [0.2, 0.25) is 5.02 Å². The molecule has 1 unspecified atom stereocenters. The van der Waals surface area contributed by atoms with E-state index in [4.69, 9.17) is 21.0 Å². The molecule has 1 saturated heterocycles. The van der Waals surface area contributed by atoms with Crippen molar-refractivity contribution in [2.45, 2.75) is 44.8 Å². The molecule has 12 nitrogen and oxygen atoms in total. The molecule has 0 bridgehead atoms. The fourth-order valence-corrected chi connectivity index (χ4v) is 8.10. The van der Waals surface area contributed by atoms with Crippen LogP contribution < -0.4 is 10.2 Å². The fourth-order valence-electron chi connectivity index (χ4n) is 7.79. The minimum Gasteiger partial charge on any atom is -0.481 e. The summed E-state index contributed by atoms with van der Waals surface area (Å²) in [5.41, 5.74) is 7.58. The predicted molar refractivity (Wildman–Crippen MR) is 190 cm³/mol. The van der Waals surface area contributed by atoms with Crippen LogP contribution in [0.4, 0.5) is 5.69 Å². The number of hydrogen-bond acceptors (Lipinski definition) is 9. The van der Waals surface area contributed by atoms with E-state index in [0.29, 0.717) is 78.5 Å². The number of aliphatic carboxylic acids is 1. The van der Waals surface area contributed by atoms with E-state index in [9.17, 15) is 25.1 Å². The maximum absolute atomic E-state index is 13.9. The number of nitrogens with zero attached hydrogens (tertiary/aromatic N) is 6. The molecule has 0 aliphatic carbocycles. The maximum atomic E-state index is 13.9. The number of benzene rings is 3. The molecule has 8 rings (SSSR count). The van der Waals surface area contributed by atoms with Gasteiger partial charge in [0.15, 0.2) is 11.3 Å².